The highest BCUT2D eigenvalue weighted by Crippen LogP contribution is 2.15. The highest BCUT2D eigenvalue weighted by molar-refractivity contribution is 5.75. The summed E-state index contributed by atoms with van der Waals surface area (Å²) in [5.41, 5.74) is -0.849. The standard InChI is InChI=1S/C17H31N3O3/c1-12(2)9-10-17(5,22)11-18-14(21)7-6-8-15-19-16(13(3)4)20-23-15/h12-13,22H,6-11H2,1-5H3,(H,18,21). The molecule has 0 aliphatic rings. The summed E-state index contributed by atoms with van der Waals surface area (Å²) in [6.45, 7) is 10.3. The van der Waals surface area contributed by atoms with Crippen LogP contribution in [0.5, 0.6) is 0 Å². The normalized spacial score (nSPS) is 14.3. The van der Waals surface area contributed by atoms with Gasteiger partial charge in [-0.3, -0.25) is 4.79 Å². The second kappa shape index (κ2) is 9.01. The molecule has 1 heterocycles. The second-order valence-corrected chi connectivity index (χ2v) is 7.26. The van der Waals surface area contributed by atoms with Gasteiger partial charge in [0.05, 0.1) is 5.60 Å². The first-order valence-electron chi connectivity index (χ1n) is 8.51. The van der Waals surface area contributed by atoms with E-state index < -0.39 is 5.60 Å². The van der Waals surface area contributed by atoms with E-state index in [2.05, 4.69) is 29.3 Å². The molecule has 1 aromatic heterocycles. The summed E-state index contributed by atoms with van der Waals surface area (Å²) in [6.07, 6.45) is 3.26. The van der Waals surface area contributed by atoms with Crippen LogP contribution in [0.1, 0.15) is 77.9 Å². The van der Waals surface area contributed by atoms with Gasteiger partial charge in [0.2, 0.25) is 11.8 Å². The summed E-state index contributed by atoms with van der Waals surface area (Å²) in [6, 6.07) is 0. The average molecular weight is 325 g/mol. The van der Waals surface area contributed by atoms with Gasteiger partial charge in [-0.25, -0.2) is 0 Å². The number of hydrogen-bond acceptors (Lipinski definition) is 5. The molecule has 1 unspecified atom stereocenters. The van der Waals surface area contributed by atoms with E-state index in [0.717, 1.165) is 6.42 Å². The largest absolute Gasteiger partial charge is 0.388 e. The first-order valence-corrected chi connectivity index (χ1v) is 8.51. The molecular weight excluding hydrogens is 294 g/mol. The third kappa shape index (κ3) is 8.11. The Hall–Kier alpha value is -1.43. The fourth-order valence-corrected chi connectivity index (χ4v) is 2.07. The SMILES string of the molecule is CC(C)CCC(C)(O)CNC(=O)CCCc1nc(C(C)C)no1. The van der Waals surface area contributed by atoms with Crippen LogP contribution in [0.25, 0.3) is 0 Å². The summed E-state index contributed by atoms with van der Waals surface area (Å²) in [5, 5.41) is 16.9. The van der Waals surface area contributed by atoms with Gasteiger partial charge in [0.15, 0.2) is 5.82 Å². The molecule has 0 spiro atoms. The molecule has 1 amide bonds. The van der Waals surface area contributed by atoms with Crippen molar-refractivity contribution in [3.05, 3.63) is 11.7 Å². The van der Waals surface area contributed by atoms with E-state index in [-0.39, 0.29) is 18.4 Å². The molecular formula is C17H31N3O3. The Bertz CT molecular complexity index is 481. The molecule has 6 heteroatoms. The van der Waals surface area contributed by atoms with Crippen LogP contribution in [0.3, 0.4) is 0 Å². The number of aryl methyl sites for hydroxylation is 1. The van der Waals surface area contributed by atoms with Gasteiger partial charge in [0, 0.05) is 25.3 Å². The van der Waals surface area contributed by atoms with Crippen molar-refractivity contribution in [2.24, 2.45) is 5.92 Å². The fraction of sp³-hybridized carbons (Fsp3) is 0.824. The molecule has 2 N–H and O–H groups in total. The smallest absolute Gasteiger partial charge is 0.226 e. The summed E-state index contributed by atoms with van der Waals surface area (Å²) in [5.74, 6) is 2.00. The van der Waals surface area contributed by atoms with Gasteiger partial charge in [-0.15, -0.1) is 0 Å². The van der Waals surface area contributed by atoms with Crippen LogP contribution in [-0.4, -0.2) is 33.3 Å². The Morgan fingerprint density at radius 1 is 1.35 bits per heavy atom. The zero-order valence-electron chi connectivity index (χ0n) is 15.1. The predicted octanol–water partition coefficient (Wildman–Crippen LogP) is 2.82. The van der Waals surface area contributed by atoms with E-state index in [1.165, 1.54) is 0 Å². The van der Waals surface area contributed by atoms with E-state index >= 15 is 0 Å². The van der Waals surface area contributed by atoms with Crippen molar-refractivity contribution in [3.8, 4) is 0 Å². The van der Waals surface area contributed by atoms with Crippen LogP contribution in [-0.2, 0) is 11.2 Å². The third-order valence-electron chi connectivity index (χ3n) is 3.72. The highest BCUT2D eigenvalue weighted by atomic mass is 16.5. The molecule has 1 aromatic rings. The molecule has 0 fully saturated rings. The van der Waals surface area contributed by atoms with Gasteiger partial charge in [0.1, 0.15) is 0 Å². The van der Waals surface area contributed by atoms with E-state index in [4.69, 9.17) is 4.52 Å². The molecule has 0 bridgehead atoms. The minimum atomic E-state index is -0.849. The van der Waals surface area contributed by atoms with Crippen molar-refractivity contribution >= 4 is 5.91 Å². The maximum absolute atomic E-state index is 11.8. The molecule has 1 rings (SSSR count). The number of rotatable bonds is 10. The monoisotopic (exact) mass is 325 g/mol. The van der Waals surface area contributed by atoms with Crippen LogP contribution >= 0.6 is 0 Å². The van der Waals surface area contributed by atoms with Crippen LogP contribution in [0.2, 0.25) is 0 Å². The maximum atomic E-state index is 11.8. The first kappa shape index (κ1) is 19.6. The summed E-state index contributed by atoms with van der Waals surface area (Å²) in [4.78, 5) is 16.1. The molecule has 0 aliphatic carbocycles. The predicted molar refractivity (Wildman–Crippen MR) is 89.0 cm³/mol. The number of aromatic nitrogens is 2. The van der Waals surface area contributed by atoms with Crippen molar-refractivity contribution < 1.29 is 14.4 Å². The molecule has 23 heavy (non-hydrogen) atoms. The maximum Gasteiger partial charge on any atom is 0.226 e. The summed E-state index contributed by atoms with van der Waals surface area (Å²) >= 11 is 0. The number of nitrogens with zero attached hydrogens (tertiary/aromatic N) is 2. The van der Waals surface area contributed by atoms with Crippen molar-refractivity contribution in [2.75, 3.05) is 6.54 Å². The number of carbonyl (C=O) groups excluding carboxylic acids is 1. The van der Waals surface area contributed by atoms with Crippen LogP contribution in [0, 0.1) is 5.92 Å². The zero-order chi connectivity index (χ0) is 17.5. The number of carbonyl (C=O) groups is 1. The van der Waals surface area contributed by atoms with Gasteiger partial charge >= 0.3 is 0 Å². The van der Waals surface area contributed by atoms with Crippen molar-refractivity contribution in [3.63, 3.8) is 0 Å². The minimum absolute atomic E-state index is 0.0570. The summed E-state index contributed by atoms with van der Waals surface area (Å²) in [7, 11) is 0. The third-order valence-corrected chi connectivity index (χ3v) is 3.72. The van der Waals surface area contributed by atoms with Gasteiger partial charge in [0.25, 0.3) is 0 Å². The zero-order valence-corrected chi connectivity index (χ0v) is 15.1. The lowest BCUT2D eigenvalue weighted by Gasteiger charge is -2.24. The van der Waals surface area contributed by atoms with E-state index in [1.54, 1.807) is 6.92 Å². The Kier molecular flexibility index (Phi) is 7.68. The van der Waals surface area contributed by atoms with E-state index in [9.17, 15) is 9.90 Å². The molecule has 0 saturated heterocycles. The fourth-order valence-electron chi connectivity index (χ4n) is 2.07. The molecule has 6 nitrogen and oxygen atoms in total. The molecule has 0 aliphatic heterocycles. The van der Waals surface area contributed by atoms with Gasteiger partial charge in [-0.2, -0.15) is 4.98 Å². The molecule has 132 valence electrons. The lowest BCUT2D eigenvalue weighted by Crippen LogP contribution is -2.40. The Morgan fingerprint density at radius 3 is 2.61 bits per heavy atom. The number of hydrogen-bond donors (Lipinski definition) is 2. The molecule has 1 atom stereocenters. The van der Waals surface area contributed by atoms with Gasteiger partial charge in [-0.1, -0.05) is 32.9 Å². The Labute approximate surface area is 139 Å². The highest BCUT2D eigenvalue weighted by Gasteiger charge is 2.21. The summed E-state index contributed by atoms with van der Waals surface area (Å²) < 4.78 is 5.14. The lowest BCUT2D eigenvalue weighted by molar-refractivity contribution is -0.122. The van der Waals surface area contributed by atoms with Crippen LogP contribution in [0.15, 0.2) is 4.52 Å². The number of amides is 1. The minimum Gasteiger partial charge on any atom is -0.388 e. The average Bonchev–Trinajstić information content (AvgIpc) is 2.92. The van der Waals surface area contributed by atoms with E-state index in [1.807, 2.05) is 13.8 Å². The van der Waals surface area contributed by atoms with E-state index in [0.29, 0.717) is 43.3 Å². The van der Waals surface area contributed by atoms with Crippen LogP contribution < -0.4 is 5.32 Å². The molecule has 0 saturated carbocycles. The van der Waals surface area contributed by atoms with Crippen molar-refractivity contribution in [1.82, 2.24) is 15.5 Å². The quantitative estimate of drug-likeness (QED) is 0.690. The number of aliphatic hydroxyl groups is 1. The molecule has 0 radical (unpaired) electrons. The lowest BCUT2D eigenvalue weighted by atomic mass is 9.95. The Morgan fingerprint density at radius 2 is 2.04 bits per heavy atom. The van der Waals surface area contributed by atoms with Crippen molar-refractivity contribution in [2.45, 2.75) is 78.2 Å². The topological polar surface area (TPSA) is 88.2 Å². The number of nitrogens with one attached hydrogen (secondary N) is 1. The van der Waals surface area contributed by atoms with Gasteiger partial charge < -0.3 is 14.9 Å². The first-order chi connectivity index (χ1) is 10.7. The Balaban J connectivity index is 2.23. The van der Waals surface area contributed by atoms with Crippen molar-refractivity contribution in [1.29, 1.82) is 0 Å². The van der Waals surface area contributed by atoms with Gasteiger partial charge in [-0.05, 0) is 32.1 Å². The van der Waals surface area contributed by atoms with Crippen LogP contribution in [0.4, 0.5) is 0 Å². The second-order valence-electron chi connectivity index (χ2n) is 7.26. The molecule has 0 aromatic carbocycles.